The zero-order valence-corrected chi connectivity index (χ0v) is 37.6. The summed E-state index contributed by atoms with van der Waals surface area (Å²) in [5.41, 5.74) is 19.4. The van der Waals surface area contributed by atoms with Crippen molar-refractivity contribution in [3.8, 4) is 11.1 Å². The van der Waals surface area contributed by atoms with Crippen LogP contribution in [-0.4, -0.2) is 11.3 Å². The molecule has 2 aliphatic carbocycles. The minimum absolute atomic E-state index is 0.0324. The van der Waals surface area contributed by atoms with Crippen LogP contribution in [0.25, 0.3) is 76.6 Å². The fourth-order valence-electron chi connectivity index (χ4n) is 12.9. The zero-order valence-electron chi connectivity index (χ0n) is 37.6. The van der Waals surface area contributed by atoms with Crippen LogP contribution in [0.1, 0.15) is 103 Å². The number of furan rings is 2. The van der Waals surface area contributed by atoms with Gasteiger partial charge in [0.25, 0.3) is 0 Å². The zero-order chi connectivity index (χ0) is 42.7. The molecule has 0 bridgehead atoms. The summed E-state index contributed by atoms with van der Waals surface area (Å²) in [6.45, 7) is 19.2. The minimum atomic E-state index is -0.242. The van der Waals surface area contributed by atoms with E-state index in [4.69, 9.17) is 8.83 Å². The Morgan fingerprint density at radius 1 is 0.508 bits per heavy atom. The Kier molecular flexibility index (Phi) is 6.62. The van der Waals surface area contributed by atoms with Crippen LogP contribution in [0.2, 0.25) is 0 Å². The average molecular weight is 819 g/mol. The van der Waals surface area contributed by atoms with Crippen molar-refractivity contribution in [1.29, 1.82) is 0 Å². The highest BCUT2D eigenvalue weighted by Gasteiger charge is 2.49. The normalized spacial score (nSPS) is 18.7. The van der Waals surface area contributed by atoms with E-state index in [0.29, 0.717) is 0 Å². The molecule has 0 atom stereocenters. The molecule has 0 spiro atoms. The van der Waals surface area contributed by atoms with E-state index in [-0.39, 0.29) is 28.5 Å². The average Bonchev–Trinajstić information content (AvgIpc) is 3.94. The fourth-order valence-corrected chi connectivity index (χ4v) is 12.9. The minimum Gasteiger partial charge on any atom is -0.466 e. The first-order valence-electron chi connectivity index (χ1n) is 23.2. The monoisotopic (exact) mass is 818 g/mol. The third kappa shape index (κ3) is 4.53. The van der Waals surface area contributed by atoms with Crippen molar-refractivity contribution >= 4 is 101 Å². The number of nitrogens with zero attached hydrogens (tertiary/aromatic N) is 2. The molecule has 0 N–H and O–H groups in total. The van der Waals surface area contributed by atoms with Gasteiger partial charge in [-0.3, -0.25) is 0 Å². The lowest BCUT2D eigenvalue weighted by molar-refractivity contribution is 0.332. The van der Waals surface area contributed by atoms with Crippen molar-refractivity contribution in [3.05, 3.63) is 138 Å². The van der Waals surface area contributed by atoms with Gasteiger partial charge in [0.05, 0.1) is 5.69 Å². The molecule has 0 unspecified atom stereocenters. The molecule has 10 aromatic rings. The maximum absolute atomic E-state index is 7.64. The number of anilines is 3. The maximum Gasteiger partial charge on any atom is 0.376 e. The SMILES string of the molecule is CC1(C)CCC(C)(C)c2cc(N3c4cc5c(oc6ccccc65)c5c4B(c4oc6cc7c(cc6c43)C(C)(C)CCC7(C)C)n3c4cc6ccccc6cc4c4cccc-5c43)ccc21. The van der Waals surface area contributed by atoms with E-state index in [1.54, 1.807) is 0 Å². The molecule has 14 rings (SSSR count). The van der Waals surface area contributed by atoms with Gasteiger partial charge in [0, 0.05) is 60.5 Å². The topological polar surface area (TPSA) is 34.5 Å². The van der Waals surface area contributed by atoms with Crippen molar-refractivity contribution in [2.24, 2.45) is 0 Å². The molecule has 5 heteroatoms. The second-order valence-electron chi connectivity index (χ2n) is 22.2. The Hall–Kier alpha value is -6.20. The second kappa shape index (κ2) is 11.5. The molecule has 5 heterocycles. The van der Waals surface area contributed by atoms with Gasteiger partial charge in [0.15, 0.2) is 0 Å². The van der Waals surface area contributed by atoms with Gasteiger partial charge < -0.3 is 18.2 Å². The lowest BCUT2D eigenvalue weighted by atomic mass is 9.47. The molecule has 0 amide bonds. The molecule has 2 aliphatic heterocycles. The van der Waals surface area contributed by atoms with Gasteiger partial charge in [0.1, 0.15) is 22.4 Å². The van der Waals surface area contributed by atoms with E-state index in [0.717, 1.165) is 58.1 Å². The van der Waals surface area contributed by atoms with Crippen LogP contribution in [-0.2, 0) is 21.7 Å². The number of benzene rings is 7. The van der Waals surface area contributed by atoms with Crippen LogP contribution < -0.4 is 16.0 Å². The summed E-state index contributed by atoms with van der Waals surface area (Å²) < 4.78 is 17.3. The van der Waals surface area contributed by atoms with Crippen molar-refractivity contribution in [2.75, 3.05) is 4.90 Å². The van der Waals surface area contributed by atoms with Crippen molar-refractivity contribution in [1.82, 2.24) is 4.48 Å². The van der Waals surface area contributed by atoms with Crippen molar-refractivity contribution in [2.45, 2.75) is 103 Å². The van der Waals surface area contributed by atoms with Crippen LogP contribution in [0, 0.1) is 0 Å². The van der Waals surface area contributed by atoms with Crippen LogP contribution >= 0.6 is 0 Å². The Labute approximate surface area is 368 Å². The number of hydrogen-bond donors (Lipinski definition) is 0. The lowest BCUT2D eigenvalue weighted by Gasteiger charge is -2.43. The van der Waals surface area contributed by atoms with Gasteiger partial charge >= 0.3 is 6.85 Å². The highest BCUT2D eigenvalue weighted by atomic mass is 16.3. The Morgan fingerprint density at radius 2 is 1.16 bits per heavy atom. The summed E-state index contributed by atoms with van der Waals surface area (Å²) in [5, 5.41) is 8.48. The number of fused-ring (bicyclic) bond motifs is 16. The molecule has 0 saturated heterocycles. The number of aromatic nitrogens is 1. The van der Waals surface area contributed by atoms with E-state index in [2.05, 4.69) is 180 Å². The smallest absolute Gasteiger partial charge is 0.376 e. The van der Waals surface area contributed by atoms with Gasteiger partial charge in [-0.05, 0) is 134 Å². The molecule has 0 saturated carbocycles. The van der Waals surface area contributed by atoms with Gasteiger partial charge in [-0.15, -0.1) is 0 Å². The first kappa shape index (κ1) is 36.3. The van der Waals surface area contributed by atoms with Gasteiger partial charge in [0.2, 0.25) is 0 Å². The summed E-state index contributed by atoms with van der Waals surface area (Å²) in [4.78, 5) is 2.61. The van der Waals surface area contributed by atoms with Crippen molar-refractivity contribution in [3.63, 3.8) is 0 Å². The third-order valence-corrected chi connectivity index (χ3v) is 16.6. The van der Waals surface area contributed by atoms with Crippen molar-refractivity contribution < 1.29 is 8.83 Å². The quantitative estimate of drug-likeness (QED) is 0.155. The van der Waals surface area contributed by atoms with Crippen LogP contribution in [0.3, 0.4) is 0 Å². The first-order valence-corrected chi connectivity index (χ1v) is 23.2. The number of rotatable bonds is 1. The summed E-state index contributed by atoms with van der Waals surface area (Å²) in [6, 6.07) is 44.0. The van der Waals surface area contributed by atoms with E-state index in [1.165, 1.54) is 94.6 Å². The standard InChI is InChI=1S/C58H51BN2O2/c1-55(2)22-23-56(3,4)42-28-34(20-21-41(42)55)60-46-30-39-35-16-11-12-19-47(35)62-53(39)49-37-18-13-17-36-38-26-32-14-9-10-15-33(32)27-45(38)61(51(36)37)59(50(46)49)54-52(60)40-29-43-44(31-48(40)63-54)58(7,8)25-24-57(43,5)6/h9-21,26-31H,22-25H2,1-8H3. The van der Waals surface area contributed by atoms with E-state index in [9.17, 15) is 0 Å². The largest absolute Gasteiger partial charge is 0.466 e. The lowest BCUT2D eigenvalue weighted by Crippen LogP contribution is -2.56. The Morgan fingerprint density at radius 3 is 1.92 bits per heavy atom. The van der Waals surface area contributed by atoms with Gasteiger partial charge in [-0.2, -0.15) is 0 Å². The molecular weight excluding hydrogens is 767 g/mol. The molecule has 4 nitrogen and oxygen atoms in total. The summed E-state index contributed by atoms with van der Waals surface area (Å²) in [5.74, 6) is 0. The summed E-state index contributed by atoms with van der Waals surface area (Å²) in [7, 11) is 0. The van der Waals surface area contributed by atoms with E-state index < -0.39 is 0 Å². The van der Waals surface area contributed by atoms with Crippen LogP contribution in [0.5, 0.6) is 0 Å². The third-order valence-electron chi connectivity index (χ3n) is 16.6. The fraction of sp³-hybridized carbons (Fsp3) is 0.276. The summed E-state index contributed by atoms with van der Waals surface area (Å²) >= 11 is 0. The van der Waals surface area contributed by atoms with Gasteiger partial charge in [-0.25, -0.2) is 0 Å². The highest BCUT2D eigenvalue weighted by Crippen LogP contribution is 2.55. The molecule has 3 aromatic heterocycles. The predicted octanol–water partition coefficient (Wildman–Crippen LogP) is 14.7. The molecule has 0 fully saturated rings. The maximum atomic E-state index is 7.64. The van der Waals surface area contributed by atoms with E-state index >= 15 is 0 Å². The predicted molar refractivity (Wildman–Crippen MR) is 265 cm³/mol. The summed E-state index contributed by atoms with van der Waals surface area (Å²) in [6.07, 6.45) is 4.63. The van der Waals surface area contributed by atoms with E-state index in [1.807, 2.05) is 0 Å². The Balaban J connectivity index is 1.19. The number of para-hydroxylation sites is 2. The van der Waals surface area contributed by atoms with Crippen LogP contribution in [0.4, 0.5) is 17.1 Å². The molecule has 0 radical (unpaired) electrons. The second-order valence-corrected chi connectivity index (χ2v) is 22.2. The molecule has 4 aliphatic rings. The van der Waals surface area contributed by atoms with Crippen LogP contribution in [0.15, 0.2) is 124 Å². The Bertz CT molecular complexity index is 3720. The van der Waals surface area contributed by atoms with Gasteiger partial charge in [-0.1, -0.05) is 122 Å². The first-order chi connectivity index (χ1) is 30.2. The molecule has 7 aromatic carbocycles. The number of hydrogen-bond acceptors (Lipinski definition) is 3. The molecule has 63 heavy (non-hydrogen) atoms. The highest BCUT2D eigenvalue weighted by molar-refractivity contribution is 6.90. The molecule has 308 valence electrons. The molecular formula is C58H51BN2O2.